The maximum Gasteiger partial charge on any atom is 0.134 e. The molecule has 0 aliphatic carbocycles. The molecule has 1 atom stereocenters. The Morgan fingerprint density at radius 3 is 2.78 bits per heavy atom. The van der Waals surface area contributed by atoms with E-state index in [4.69, 9.17) is 0 Å². The minimum atomic E-state index is 0.00307. The lowest BCUT2D eigenvalue weighted by Gasteiger charge is -2.37. The van der Waals surface area contributed by atoms with Gasteiger partial charge in [0.25, 0.3) is 0 Å². The standard InChI is InChI=1S/C14H22N2O2/c1-10-7-11(2)15-14(13(10)9-18)16-6-4-3-5-12(16)8-17/h7,12,17-18H,3-6,8-9H2,1-2H3. The predicted molar refractivity (Wildman–Crippen MR) is 71.7 cm³/mol. The fraction of sp³-hybridized carbons (Fsp3) is 0.643. The van der Waals surface area contributed by atoms with E-state index in [0.29, 0.717) is 0 Å². The van der Waals surface area contributed by atoms with Gasteiger partial charge in [0.05, 0.1) is 19.3 Å². The molecule has 1 fully saturated rings. The minimum absolute atomic E-state index is 0.00307. The first-order valence-electron chi connectivity index (χ1n) is 6.63. The van der Waals surface area contributed by atoms with Crippen molar-refractivity contribution in [1.82, 2.24) is 4.98 Å². The van der Waals surface area contributed by atoms with Crippen LogP contribution in [0.25, 0.3) is 0 Å². The number of aliphatic hydroxyl groups excluding tert-OH is 2. The number of aryl methyl sites for hydroxylation is 2. The van der Waals surface area contributed by atoms with E-state index in [1.807, 2.05) is 19.9 Å². The molecule has 0 saturated carbocycles. The number of aliphatic hydroxyl groups is 2. The predicted octanol–water partition coefficient (Wildman–Crippen LogP) is 1.54. The SMILES string of the molecule is Cc1cc(C)c(CO)c(N2CCCCC2CO)n1. The maximum atomic E-state index is 9.55. The molecule has 1 aliphatic rings. The normalized spacial score (nSPS) is 20.2. The molecule has 1 aliphatic heterocycles. The molecule has 0 bridgehead atoms. The van der Waals surface area contributed by atoms with E-state index in [1.165, 1.54) is 0 Å². The van der Waals surface area contributed by atoms with Gasteiger partial charge in [0.1, 0.15) is 5.82 Å². The van der Waals surface area contributed by atoms with Crippen LogP contribution < -0.4 is 4.90 Å². The molecule has 18 heavy (non-hydrogen) atoms. The molecule has 2 N–H and O–H groups in total. The first-order chi connectivity index (χ1) is 8.67. The third-order valence-corrected chi connectivity index (χ3v) is 3.72. The van der Waals surface area contributed by atoms with Crippen molar-refractivity contribution in [1.29, 1.82) is 0 Å². The molecule has 100 valence electrons. The summed E-state index contributed by atoms with van der Waals surface area (Å²) in [5.41, 5.74) is 2.92. The van der Waals surface area contributed by atoms with Crippen LogP contribution in [0.2, 0.25) is 0 Å². The second-order valence-electron chi connectivity index (χ2n) is 5.07. The van der Waals surface area contributed by atoms with Gasteiger partial charge in [-0.2, -0.15) is 0 Å². The Morgan fingerprint density at radius 2 is 2.11 bits per heavy atom. The van der Waals surface area contributed by atoms with Crippen molar-refractivity contribution in [2.45, 2.75) is 45.8 Å². The zero-order chi connectivity index (χ0) is 13.1. The van der Waals surface area contributed by atoms with Crippen LogP contribution in [0.15, 0.2) is 6.07 Å². The lowest BCUT2D eigenvalue weighted by Crippen LogP contribution is -2.43. The van der Waals surface area contributed by atoms with Crippen molar-refractivity contribution in [2.24, 2.45) is 0 Å². The van der Waals surface area contributed by atoms with Gasteiger partial charge in [-0.1, -0.05) is 0 Å². The van der Waals surface area contributed by atoms with E-state index in [1.54, 1.807) is 0 Å². The number of anilines is 1. The Kier molecular flexibility index (Phi) is 4.19. The summed E-state index contributed by atoms with van der Waals surface area (Å²) < 4.78 is 0. The monoisotopic (exact) mass is 250 g/mol. The Morgan fingerprint density at radius 1 is 1.33 bits per heavy atom. The number of nitrogens with zero attached hydrogens (tertiary/aromatic N) is 2. The molecule has 0 amide bonds. The van der Waals surface area contributed by atoms with Gasteiger partial charge in [0.15, 0.2) is 0 Å². The fourth-order valence-electron chi connectivity index (χ4n) is 2.75. The summed E-state index contributed by atoms with van der Waals surface area (Å²) in [6, 6.07) is 2.13. The highest BCUT2D eigenvalue weighted by molar-refractivity contribution is 5.52. The first-order valence-corrected chi connectivity index (χ1v) is 6.63. The van der Waals surface area contributed by atoms with Gasteiger partial charge in [0.2, 0.25) is 0 Å². The Hall–Kier alpha value is -1.13. The molecule has 1 aromatic rings. The summed E-state index contributed by atoms with van der Waals surface area (Å²) in [4.78, 5) is 6.74. The molecule has 0 radical (unpaired) electrons. The summed E-state index contributed by atoms with van der Waals surface area (Å²) >= 11 is 0. The molecule has 0 aromatic carbocycles. The van der Waals surface area contributed by atoms with Crippen LogP contribution in [0.4, 0.5) is 5.82 Å². The molecule has 0 spiro atoms. The topological polar surface area (TPSA) is 56.6 Å². The van der Waals surface area contributed by atoms with E-state index in [9.17, 15) is 10.2 Å². The maximum absolute atomic E-state index is 9.55. The molecule has 2 rings (SSSR count). The fourth-order valence-corrected chi connectivity index (χ4v) is 2.75. The van der Waals surface area contributed by atoms with Gasteiger partial charge in [-0.05, 0) is 44.7 Å². The van der Waals surface area contributed by atoms with Gasteiger partial charge >= 0.3 is 0 Å². The van der Waals surface area contributed by atoms with Crippen LogP contribution in [-0.2, 0) is 6.61 Å². The molecule has 4 heteroatoms. The van der Waals surface area contributed by atoms with E-state index in [2.05, 4.69) is 9.88 Å². The van der Waals surface area contributed by atoms with Crippen LogP contribution in [-0.4, -0.2) is 34.4 Å². The second-order valence-corrected chi connectivity index (χ2v) is 5.07. The van der Waals surface area contributed by atoms with Crippen molar-refractivity contribution in [3.05, 3.63) is 22.9 Å². The number of hydrogen-bond donors (Lipinski definition) is 2. The van der Waals surface area contributed by atoms with Crippen molar-refractivity contribution in [3.8, 4) is 0 Å². The molecular formula is C14H22N2O2. The van der Waals surface area contributed by atoms with Crippen LogP contribution in [0.3, 0.4) is 0 Å². The van der Waals surface area contributed by atoms with E-state index in [0.717, 1.165) is 48.4 Å². The lowest BCUT2D eigenvalue weighted by atomic mass is 10.0. The third-order valence-electron chi connectivity index (χ3n) is 3.72. The highest BCUT2D eigenvalue weighted by Crippen LogP contribution is 2.28. The second kappa shape index (κ2) is 5.67. The summed E-state index contributed by atoms with van der Waals surface area (Å²) in [7, 11) is 0. The van der Waals surface area contributed by atoms with Gasteiger partial charge in [-0.25, -0.2) is 4.98 Å². The zero-order valence-electron chi connectivity index (χ0n) is 11.2. The van der Waals surface area contributed by atoms with E-state index >= 15 is 0 Å². The molecule has 4 nitrogen and oxygen atoms in total. The largest absolute Gasteiger partial charge is 0.394 e. The lowest BCUT2D eigenvalue weighted by molar-refractivity contribution is 0.237. The van der Waals surface area contributed by atoms with Crippen molar-refractivity contribution in [3.63, 3.8) is 0 Å². The smallest absolute Gasteiger partial charge is 0.134 e. The zero-order valence-corrected chi connectivity index (χ0v) is 11.2. The Labute approximate surface area is 108 Å². The molecule has 2 heterocycles. The molecular weight excluding hydrogens is 228 g/mol. The molecule has 1 unspecified atom stereocenters. The van der Waals surface area contributed by atoms with Gasteiger partial charge < -0.3 is 15.1 Å². The van der Waals surface area contributed by atoms with E-state index in [-0.39, 0.29) is 19.3 Å². The Bertz CT molecular complexity index is 421. The minimum Gasteiger partial charge on any atom is -0.394 e. The first kappa shape index (κ1) is 13.3. The number of aromatic nitrogens is 1. The van der Waals surface area contributed by atoms with E-state index < -0.39 is 0 Å². The number of piperidine rings is 1. The summed E-state index contributed by atoms with van der Waals surface area (Å²) in [6.07, 6.45) is 3.27. The van der Waals surface area contributed by atoms with Gasteiger partial charge in [-0.3, -0.25) is 0 Å². The van der Waals surface area contributed by atoms with Gasteiger partial charge in [-0.15, -0.1) is 0 Å². The summed E-state index contributed by atoms with van der Waals surface area (Å²) in [5.74, 6) is 0.855. The number of pyridine rings is 1. The number of hydrogen-bond acceptors (Lipinski definition) is 4. The average molecular weight is 250 g/mol. The highest BCUT2D eigenvalue weighted by atomic mass is 16.3. The van der Waals surface area contributed by atoms with Crippen molar-refractivity contribution in [2.75, 3.05) is 18.1 Å². The Balaban J connectivity index is 2.41. The van der Waals surface area contributed by atoms with Gasteiger partial charge in [0, 0.05) is 17.8 Å². The highest BCUT2D eigenvalue weighted by Gasteiger charge is 2.25. The van der Waals surface area contributed by atoms with Crippen LogP contribution >= 0.6 is 0 Å². The third kappa shape index (κ3) is 2.49. The van der Waals surface area contributed by atoms with Crippen molar-refractivity contribution >= 4 is 5.82 Å². The van der Waals surface area contributed by atoms with Crippen LogP contribution in [0.1, 0.15) is 36.1 Å². The molecule has 1 saturated heterocycles. The van der Waals surface area contributed by atoms with Crippen LogP contribution in [0, 0.1) is 13.8 Å². The average Bonchev–Trinajstić information content (AvgIpc) is 2.38. The summed E-state index contributed by atoms with van der Waals surface area (Å²) in [6.45, 7) is 5.04. The quantitative estimate of drug-likeness (QED) is 0.854. The van der Waals surface area contributed by atoms with Crippen molar-refractivity contribution < 1.29 is 10.2 Å². The summed E-state index contributed by atoms with van der Waals surface area (Å²) in [5, 5.41) is 19.0. The van der Waals surface area contributed by atoms with Crippen LogP contribution in [0.5, 0.6) is 0 Å². The molecule has 1 aromatic heterocycles. The number of rotatable bonds is 3.